The molecule has 2 aliphatic rings. The number of carboxylic acid groups (broad SMARTS) is 1. The van der Waals surface area contributed by atoms with Gasteiger partial charge in [-0.1, -0.05) is 60.7 Å². The molecule has 0 heterocycles. The highest BCUT2D eigenvalue weighted by atomic mass is 16.5. The van der Waals surface area contributed by atoms with E-state index in [2.05, 4.69) is 17.4 Å². The van der Waals surface area contributed by atoms with Gasteiger partial charge < -0.3 is 19.9 Å². The standard InChI is InChI=1S/C29H29NO5/c31-28(32)27(17-19-13-15-21(16-14-19)35-20-7-1-2-8-20)30-29(33)34-18-26-24-11-5-3-9-22(24)23-10-4-6-12-25(23)26/h3-6,9-16,20,26-27H,1-2,7-8,17-18H2,(H,30,33)(H,31,32). The third-order valence-electron chi connectivity index (χ3n) is 6.90. The van der Waals surface area contributed by atoms with Gasteiger partial charge in [0.2, 0.25) is 0 Å². The van der Waals surface area contributed by atoms with Crippen molar-refractivity contribution < 1.29 is 24.2 Å². The average molecular weight is 472 g/mol. The molecule has 0 spiro atoms. The third-order valence-corrected chi connectivity index (χ3v) is 6.90. The monoisotopic (exact) mass is 471 g/mol. The number of benzene rings is 3. The topological polar surface area (TPSA) is 84.9 Å². The fraction of sp³-hybridized carbons (Fsp3) is 0.310. The Hall–Kier alpha value is -3.80. The van der Waals surface area contributed by atoms with Gasteiger partial charge in [0.1, 0.15) is 18.4 Å². The number of hydrogen-bond acceptors (Lipinski definition) is 4. The van der Waals surface area contributed by atoms with Crippen LogP contribution in [0.25, 0.3) is 11.1 Å². The zero-order valence-corrected chi connectivity index (χ0v) is 19.5. The van der Waals surface area contributed by atoms with Crippen molar-refractivity contribution in [3.05, 3.63) is 89.5 Å². The van der Waals surface area contributed by atoms with Crippen molar-refractivity contribution in [3.63, 3.8) is 0 Å². The molecule has 1 amide bonds. The molecule has 2 N–H and O–H groups in total. The summed E-state index contributed by atoms with van der Waals surface area (Å²) in [6.07, 6.45) is 4.24. The quantitative estimate of drug-likeness (QED) is 0.450. The van der Waals surface area contributed by atoms with Crippen molar-refractivity contribution in [1.82, 2.24) is 5.32 Å². The Kier molecular flexibility index (Phi) is 6.70. The summed E-state index contributed by atoms with van der Waals surface area (Å²) >= 11 is 0. The third kappa shape index (κ3) is 5.16. The highest BCUT2D eigenvalue weighted by Gasteiger charge is 2.30. The second-order valence-corrected chi connectivity index (χ2v) is 9.23. The van der Waals surface area contributed by atoms with Crippen LogP contribution in [0.5, 0.6) is 5.75 Å². The second-order valence-electron chi connectivity index (χ2n) is 9.23. The predicted molar refractivity (Wildman–Crippen MR) is 133 cm³/mol. The minimum Gasteiger partial charge on any atom is -0.490 e. The summed E-state index contributed by atoms with van der Waals surface area (Å²) in [7, 11) is 0. The van der Waals surface area contributed by atoms with Gasteiger partial charge in [-0.2, -0.15) is 0 Å². The molecule has 1 saturated carbocycles. The molecule has 0 saturated heterocycles. The lowest BCUT2D eigenvalue weighted by Gasteiger charge is -2.18. The lowest BCUT2D eigenvalue weighted by Crippen LogP contribution is -2.42. The van der Waals surface area contributed by atoms with Gasteiger partial charge in [0.25, 0.3) is 0 Å². The van der Waals surface area contributed by atoms with Crippen LogP contribution in [0.3, 0.4) is 0 Å². The maximum absolute atomic E-state index is 12.6. The van der Waals surface area contributed by atoms with Gasteiger partial charge >= 0.3 is 12.1 Å². The molecule has 2 aliphatic carbocycles. The van der Waals surface area contributed by atoms with E-state index in [1.165, 1.54) is 12.8 Å². The molecule has 0 aromatic heterocycles. The number of hydrogen-bond donors (Lipinski definition) is 2. The summed E-state index contributed by atoms with van der Waals surface area (Å²) in [4.78, 5) is 24.4. The number of carbonyl (C=O) groups excluding carboxylic acids is 1. The van der Waals surface area contributed by atoms with E-state index in [0.717, 1.165) is 46.4 Å². The summed E-state index contributed by atoms with van der Waals surface area (Å²) < 4.78 is 11.5. The van der Waals surface area contributed by atoms with Crippen molar-refractivity contribution in [3.8, 4) is 16.9 Å². The summed E-state index contributed by atoms with van der Waals surface area (Å²) in [5.41, 5.74) is 5.30. The highest BCUT2D eigenvalue weighted by molar-refractivity contribution is 5.81. The molecular weight excluding hydrogens is 442 g/mol. The molecular formula is C29H29NO5. The van der Waals surface area contributed by atoms with E-state index in [9.17, 15) is 14.7 Å². The Labute approximate surface area is 204 Å². The summed E-state index contributed by atoms with van der Waals surface area (Å²) in [6, 6.07) is 22.5. The lowest BCUT2D eigenvalue weighted by atomic mass is 9.98. The predicted octanol–water partition coefficient (Wildman–Crippen LogP) is 5.54. The first-order valence-electron chi connectivity index (χ1n) is 12.2. The zero-order valence-electron chi connectivity index (χ0n) is 19.5. The molecule has 3 aromatic rings. The second kappa shape index (κ2) is 10.2. The summed E-state index contributed by atoms with van der Waals surface area (Å²) in [5.74, 6) is -0.398. The first-order chi connectivity index (χ1) is 17.1. The first-order valence-corrected chi connectivity index (χ1v) is 12.2. The number of aliphatic carboxylic acids is 1. The van der Waals surface area contributed by atoms with Crippen LogP contribution in [-0.4, -0.2) is 35.9 Å². The van der Waals surface area contributed by atoms with E-state index in [1.807, 2.05) is 60.7 Å². The van der Waals surface area contributed by atoms with Crippen LogP contribution in [-0.2, 0) is 16.0 Å². The average Bonchev–Trinajstić information content (AvgIpc) is 3.49. The molecule has 1 fully saturated rings. The van der Waals surface area contributed by atoms with Crippen molar-refractivity contribution in [2.75, 3.05) is 6.61 Å². The van der Waals surface area contributed by atoms with Crippen LogP contribution in [0.1, 0.15) is 48.3 Å². The van der Waals surface area contributed by atoms with Gasteiger partial charge in [-0.05, 0) is 65.6 Å². The molecule has 3 aromatic carbocycles. The Bertz CT molecular complexity index is 1150. The Morgan fingerprint density at radius 2 is 1.49 bits per heavy atom. The van der Waals surface area contributed by atoms with Crippen LogP contribution < -0.4 is 10.1 Å². The van der Waals surface area contributed by atoms with Crippen LogP contribution >= 0.6 is 0 Å². The van der Waals surface area contributed by atoms with Crippen molar-refractivity contribution in [2.45, 2.75) is 50.2 Å². The lowest BCUT2D eigenvalue weighted by molar-refractivity contribution is -0.139. The minimum atomic E-state index is -1.11. The molecule has 35 heavy (non-hydrogen) atoms. The van der Waals surface area contributed by atoms with E-state index >= 15 is 0 Å². The number of rotatable bonds is 8. The van der Waals surface area contributed by atoms with Gasteiger partial charge in [0, 0.05) is 12.3 Å². The zero-order chi connectivity index (χ0) is 24.2. The molecule has 0 bridgehead atoms. The van der Waals surface area contributed by atoms with E-state index in [-0.39, 0.29) is 25.0 Å². The van der Waals surface area contributed by atoms with E-state index in [4.69, 9.17) is 9.47 Å². The number of fused-ring (bicyclic) bond motifs is 3. The van der Waals surface area contributed by atoms with Gasteiger partial charge in [0.15, 0.2) is 0 Å². The number of ether oxygens (including phenoxy) is 2. The van der Waals surface area contributed by atoms with Crippen molar-refractivity contribution >= 4 is 12.1 Å². The Morgan fingerprint density at radius 3 is 2.09 bits per heavy atom. The summed E-state index contributed by atoms with van der Waals surface area (Å²) in [6.45, 7) is 0.138. The van der Waals surface area contributed by atoms with Gasteiger partial charge in [0.05, 0.1) is 6.10 Å². The van der Waals surface area contributed by atoms with Crippen molar-refractivity contribution in [1.29, 1.82) is 0 Å². The fourth-order valence-electron chi connectivity index (χ4n) is 5.12. The van der Waals surface area contributed by atoms with Gasteiger partial charge in [-0.15, -0.1) is 0 Å². The van der Waals surface area contributed by atoms with E-state index in [1.54, 1.807) is 0 Å². The molecule has 5 rings (SSSR count). The molecule has 0 aliphatic heterocycles. The van der Waals surface area contributed by atoms with Crippen LogP contribution in [0, 0.1) is 0 Å². The normalized spacial score (nSPS) is 15.8. The number of amides is 1. The molecule has 1 atom stereocenters. The highest BCUT2D eigenvalue weighted by Crippen LogP contribution is 2.44. The van der Waals surface area contributed by atoms with Crippen LogP contribution in [0.2, 0.25) is 0 Å². The number of nitrogens with one attached hydrogen (secondary N) is 1. The molecule has 6 heteroatoms. The SMILES string of the molecule is O=C(NC(Cc1ccc(OC2CCCC2)cc1)C(=O)O)OCC1c2ccccc2-c2ccccc21. The molecule has 6 nitrogen and oxygen atoms in total. The minimum absolute atomic E-state index is 0.0798. The summed E-state index contributed by atoms with van der Waals surface area (Å²) in [5, 5.41) is 12.2. The molecule has 1 unspecified atom stereocenters. The maximum Gasteiger partial charge on any atom is 0.407 e. The van der Waals surface area contributed by atoms with Crippen LogP contribution in [0.15, 0.2) is 72.8 Å². The van der Waals surface area contributed by atoms with Crippen LogP contribution in [0.4, 0.5) is 4.79 Å². The number of carbonyl (C=O) groups is 2. The van der Waals surface area contributed by atoms with Gasteiger partial charge in [-0.25, -0.2) is 9.59 Å². The largest absolute Gasteiger partial charge is 0.490 e. The maximum atomic E-state index is 12.6. The van der Waals surface area contributed by atoms with Crippen molar-refractivity contribution in [2.24, 2.45) is 0 Å². The number of alkyl carbamates (subject to hydrolysis) is 1. The molecule has 180 valence electrons. The first kappa shape index (κ1) is 23.0. The Morgan fingerprint density at radius 1 is 0.886 bits per heavy atom. The number of carboxylic acids is 1. The fourth-order valence-corrected chi connectivity index (χ4v) is 5.12. The van der Waals surface area contributed by atoms with E-state index in [0.29, 0.717) is 0 Å². The Balaban J connectivity index is 1.19. The van der Waals surface area contributed by atoms with E-state index < -0.39 is 18.1 Å². The smallest absolute Gasteiger partial charge is 0.407 e. The molecule has 0 radical (unpaired) electrons. The van der Waals surface area contributed by atoms with Gasteiger partial charge in [-0.3, -0.25) is 0 Å².